The summed E-state index contributed by atoms with van der Waals surface area (Å²) >= 11 is 0. The molecule has 0 radical (unpaired) electrons. The number of carbonyl (C=O) groups is 1. The Bertz CT molecular complexity index is 568. The highest BCUT2D eigenvalue weighted by molar-refractivity contribution is 5.76. The van der Waals surface area contributed by atoms with Crippen molar-refractivity contribution in [2.24, 2.45) is 0 Å². The lowest BCUT2D eigenvalue weighted by molar-refractivity contribution is -0.130. The van der Waals surface area contributed by atoms with Gasteiger partial charge in [0.25, 0.3) is 0 Å². The average molecular weight is 285 g/mol. The molecule has 0 saturated carbocycles. The van der Waals surface area contributed by atoms with E-state index in [1.54, 1.807) is 6.20 Å². The Kier molecular flexibility index (Phi) is 4.19. The number of hydrogen-bond donors (Lipinski definition) is 1. The maximum Gasteiger partial charge on any atom is 0.226 e. The van der Waals surface area contributed by atoms with Gasteiger partial charge in [-0.05, 0) is 24.6 Å². The molecule has 110 valence electrons. The number of rotatable bonds is 5. The Morgan fingerprint density at radius 1 is 1.33 bits per heavy atom. The Labute approximate surface area is 123 Å². The fraction of sp³-hybridized carbons (Fsp3) is 0.375. The van der Waals surface area contributed by atoms with Crippen molar-refractivity contribution < 1.29 is 9.53 Å². The van der Waals surface area contributed by atoms with Crippen LogP contribution in [0.5, 0.6) is 5.75 Å². The van der Waals surface area contributed by atoms with E-state index in [0.717, 1.165) is 31.0 Å². The fourth-order valence-corrected chi connectivity index (χ4v) is 2.67. The number of hydrogen-bond acceptors (Lipinski definition) is 3. The van der Waals surface area contributed by atoms with Gasteiger partial charge in [0, 0.05) is 30.9 Å². The maximum atomic E-state index is 12.2. The van der Waals surface area contributed by atoms with Crippen LogP contribution in [-0.4, -0.2) is 40.7 Å². The summed E-state index contributed by atoms with van der Waals surface area (Å²) in [6.45, 7) is 2.01. The zero-order valence-electron chi connectivity index (χ0n) is 11.9. The van der Waals surface area contributed by atoms with Crippen LogP contribution in [0.1, 0.15) is 24.5 Å². The first-order valence-electron chi connectivity index (χ1n) is 7.28. The second-order valence-electron chi connectivity index (χ2n) is 5.25. The molecule has 1 atom stereocenters. The summed E-state index contributed by atoms with van der Waals surface area (Å²) in [5.74, 6) is 1.35. The predicted molar refractivity (Wildman–Crippen MR) is 79.1 cm³/mol. The third-order valence-corrected chi connectivity index (χ3v) is 3.83. The third kappa shape index (κ3) is 3.42. The summed E-state index contributed by atoms with van der Waals surface area (Å²) in [6, 6.07) is 11.6. The normalized spacial score (nSPS) is 17.9. The van der Waals surface area contributed by atoms with E-state index >= 15 is 0 Å². The number of aromatic nitrogens is 2. The number of benzene rings is 1. The molecule has 2 heterocycles. The van der Waals surface area contributed by atoms with E-state index in [-0.39, 0.29) is 5.91 Å². The van der Waals surface area contributed by atoms with E-state index in [0.29, 0.717) is 18.9 Å². The molecule has 0 aliphatic carbocycles. The van der Waals surface area contributed by atoms with Gasteiger partial charge in [-0.25, -0.2) is 0 Å². The highest BCUT2D eigenvalue weighted by atomic mass is 16.5. The molecule has 0 spiro atoms. The predicted octanol–water partition coefficient (Wildman–Crippen LogP) is 2.19. The molecule has 2 aromatic rings. The van der Waals surface area contributed by atoms with Gasteiger partial charge in [-0.3, -0.25) is 9.89 Å². The highest BCUT2D eigenvalue weighted by Crippen LogP contribution is 2.25. The molecule has 1 aromatic heterocycles. The van der Waals surface area contributed by atoms with Crippen LogP contribution in [0.4, 0.5) is 0 Å². The van der Waals surface area contributed by atoms with E-state index < -0.39 is 0 Å². The van der Waals surface area contributed by atoms with Crippen molar-refractivity contribution in [3.05, 3.63) is 48.3 Å². The average Bonchev–Trinajstić information content (AvgIpc) is 3.19. The summed E-state index contributed by atoms with van der Waals surface area (Å²) in [5, 5.41) is 6.96. The molecular weight excluding hydrogens is 266 g/mol. The van der Waals surface area contributed by atoms with Crippen molar-refractivity contribution in [3.63, 3.8) is 0 Å². The number of amides is 1. The van der Waals surface area contributed by atoms with Crippen LogP contribution in [0.15, 0.2) is 42.6 Å². The molecule has 5 heteroatoms. The maximum absolute atomic E-state index is 12.2. The largest absolute Gasteiger partial charge is 0.493 e. The third-order valence-electron chi connectivity index (χ3n) is 3.83. The molecule has 0 unspecified atom stereocenters. The minimum Gasteiger partial charge on any atom is -0.493 e. The van der Waals surface area contributed by atoms with Crippen LogP contribution in [-0.2, 0) is 4.79 Å². The number of aromatic amines is 1. The first-order chi connectivity index (χ1) is 10.3. The SMILES string of the molecule is O=C(CCOc1ccccc1)N1CC[C@@H](c2ccn[nH]2)C1. The summed E-state index contributed by atoms with van der Waals surface area (Å²) in [7, 11) is 0. The van der Waals surface area contributed by atoms with E-state index in [9.17, 15) is 4.79 Å². The van der Waals surface area contributed by atoms with Gasteiger partial charge in [0.2, 0.25) is 5.91 Å². The van der Waals surface area contributed by atoms with E-state index in [4.69, 9.17) is 4.74 Å². The minimum absolute atomic E-state index is 0.160. The van der Waals surface area contributed by atoms with Crippen LogP contribution in [0, 0.1) is 0 Å². The Hall–Kier alpha value is -2.30. The number of para-hydroxylation sites is 1. The molecule has 1 fully saturated rings. The van der Waals surface area contributed by atoms with Gasteiger partial charge < -0.3 is 9.64 Å². The van der Waals surface area contributed by atoms with Gasteiger partial charge >= 0.3 is 0 Å². The highest BCUT2D eigenvalue weighted by Gasteiger charge is 2.27. The zero-order chi connectivity index (χ0) is 14.5. The van der Waals surface area contributed by atoms with Crippen LogP contribution < -0.4 is 4.74 Å². The summed E-state index contributed by atoms with van der Waals surface area (Å²) in [4.78, 5) is 14.1. The second-order valence-corrected chi connectivity index (χ2v) is 5.25. The first kappa shape index (κ1) is 13.7. The van der Waals surface area contributed by atoms with Gasteiger partial charge in [0.15, 0.2) is 0 Å². The Morgan fingerprint density at radius 3 is 2.95 bits per heavy atom. The molecule has 1 saturated heterocycles. The quantitative estimate of drug-likeness (QED) is 0.916. The molecule has 1 aliphatic rings. The first-order valence-corrected chi connectivity index (χ1v) is 7.28. The van der Waals surface area contributed by atoms with Gasteiger partial charge in [0.05, 0.1) is 13.0 Å². The number of H-pyrrole nitrogens is 1. The van der Waals surface area contributed by atoms with Gasteiger partial charge in [0.1, 0.15) is 5.75 Å². The van der Waals surface area contributed by atoms with Crippen LogP contribution in [0.2, 0.25) is 0 Å². The van der Waals surface area contributed by atoms with Crippen molar-refractivity contribution >= 4 is 5.91 Å². The molecule has 1 aromatic carbocycles. The van der Waals surface area contributed by atoms with Gasteiger partial charge in [-0.15, -0.1) is 0 Å². The molecule has 1 aliphatic heterocycles. The summed E-state index contributed by atoms with van der Waals surface area (Å²) < 4.78 is 5.57. The van der Waals surface area contributed by atoms with E-state index in [1.807, 2.05) is 41.3 Å². The second kappa shape index (κ2) is 6.43. The number of ether oxygens (including phenoxy) is 1. The number of likely N-dealkylation sites (tertiary alicyclic amines) is 1. The monoisotopic (exact) mass is 285 g/mol. The van der Waals surface area contributed by atoms with Crippen molar-refractivity contribution in [2.45, 2.75) is 18.8 Å². The summed E-state index contributed by atoms with van der Waals surface area (Å²) in [6.07, 6.45) is 3.17. The van der Waals surface area contributed by atoms with E-state index in [2.05, 4.69) is 10.2 Å². The van der Waals surface area contributed by atoms with E-state index in [1.165, 1.54) is 0 Å². The van der Waals surface area contributed by atoms with Crippen molar-refractivity contribution in [1.82, 2.24) is 15.1 Å². The molecule has 3 rings (SSSR count). The molecular formula is C16H19N3O2. The van der Waals surface area contributed by atoms with Gasteiger partial charge in [-0.2, -0.15) is 5.10 Å². The molecule has 1 N–H and O–H groups in total. The topological polar surface area (TPSA) is 58.2 Å². The smallest absolute Gasteiger partial charge is 0.226 e. The number of nitrogens with zero attached hydrogens (tertiary/aromatic N) is 2. The molecule has 1 amide bonds. The lowest BCUT2D eigenvalue weighted by atomic mass is 10.1. The number of nitrogens with one attached hydrogen (secondary N) is 1. The minimum atomic E-state index is 0.160. The van der Waals surface area contributed by atoms with Crippen molar-refractivity contribution in [3.8, 4) is 5.75 Å². The molecule has 5 nitrogen and oxygen atoms in total. The number of carbonyl (C=O) groups excluding carboxylic acids is 1. The molecule has 0 bridgehead atoms. The molecule has 21 heavy (non-hydrogen) atoms. The Morgan fingerprint density at radius 2 is 2.19 bits per heavy atom. The van der Waals surface area contributed by atoms with Crippen molar-refractivity contribution in [2.75, 3.05) is 19.7 Å². The van der Waals surface area contributed by atoms with Crippen molar-refractivity contribution in [1.29, 1.82) is 0 Å². The summed E-state index contributed by atoms with van der Waals surface area (Å²) in [5.41, 5.74) is 1.12. The fourth-order valence-electron chi connectivity index (χ4n) is 2.67. The van der Waals surface area contributed by atoms with Crippen LogP contribution in [0.25, 0.3) is 0 Å². The van der Waals surface area contributed by atoms with Gasteiger partial charge in [-0.1, -0.05) is 18.2 Å². The van der Waals surface area contributed by atoms with Crippen LogP contribution in [0.3, 0.4) is 0 Å². The lowest BCUT2D eigenvalue weighted by Crippen LogP contribution is -2.29. The lowest BCUT2D eigenvalue weighted by Gasteiger charge is -2.16. The van der Waals surface area contributed by atoms with Crippen LogP contribution >= 0.6 is 0 Å². The Balaban J connectivity index is 1.44. The standard InChI is InChI=1S/C16H19N3O2/c20-16(8-11-21-14-4-2-1-3-5-14)19-10-7-13(12-19)15-6-9-17-18-15/h1-6,9,13H,7-8,10-12H2,(H,17,18)/t13-/m1/s1. The zero-order valence-corrected chi connectivity index (χ0v) is 11.9.